The zero-order valence-electron chi connectivity index (χ0n) is 17.9. The Morgan fingerprint density at radius 2 is 1.82 bits per heavy atom. The number of rotatable bonds is 5. The number of carbonyl (C=O) groups is 1. The number of aromatic nitrogens is 7. The molecule has 6 aromatic rings. The summed E-state index contributed by atoms with van der Waals surface area (Å²) in [7, 11) is 0. The Bertz CT molecular complexity index is 1640. The van der Waals surface area contributed by atoms with E-state index in [1.165, 1.54) is 0 Å². The van der Waals surface area contributed by atoms with Gasteiger partial charge in [-0.1, -0.05) is 24.3 Å². The summed E-state index contributed by atoms with van der Waals surface area (Å²) < 4.78 is 3.53. The summed E-state index contributed by atoms with van der Waals surface area (Å²) in [6, 6.07) is 22.8. The lowest BCUT2D eigenvalue weighted by atomic mass is 10.1. The summed E-state index contributed by atoms with van der Waals surface area (Å²) in [6.45, 7) is 0.171. The highest BCUT2D eigenvalue weighted by atomic mass is 16.1. The van der Waals surface area contributed by atoms with Crippen LogP contribution in [0.15, 0.2) is 91.5 Å². The average Bonchev–Trinajstić information content (AvgIpc) is 3.49. The molecule has 9 nitrogen and oxygen atoms in total. The second-order valence-electron chi connectivity index (χ2n) is 7.74. The molecule has 1 N–H and O–H groups in total. The molecule has 4 aromatic heterocycles. The van der Waals surface area contributed by atoms with Crippen LogP contribution in [0.2, 0.25) is 0 Å². The lowest BCUT2D eigenvalue weighted by molar-refractivity contribution is -0.116. The molecule has 0 aliphatic carbocycles. The van der Waals surface area contributed by atoms with Crippen molar-refractivity contribution in [2.24, 2.45) is 0 Å². The molecule has 164 valence electrons. The molecule has 0 saturated carbocycles. The Hall–Kier alpha value is -4.92. The second kappa shape index (κ2) is 8.21. The van der Waals surface area contributed by atoms with Gasteiger partial charge < -0.3 is 9.88 Å². The quantitative estimate of drug-likeness (QED) is 0.432. The predicted octanol–water partition coefficient (Wildman–Crippen LogP) is 3.84. The van der Waals surface area contributed by atoms with E-state index in [1.54, 1.807) is 23.2 Å². The molecular weight excluding hydrogens is 428 g/mol. The number of nitrogens with one attached hydrogen (secondary N) is 1. The molecule has 0 bridgehead atoms. The maximum atomic E-state index is 12.7. The highest BCUT2D eigenvalue weighted by Gasteiger charge is 2.12. The van der Waals surface area contributed by atoms with E-state index in [0.29, 0.717) is 17.2 Å². The van der Waals surface area contributed by atoms with Crippen molar-refractivity contribution in [2.45, 2.75) is 6.54 Å². The van der Waals surface area contributed by atoms with Crippen molar-refractivity contribution in [2.75, 3.05) is 5.32 Å². The van der Waals surface area contributed by atoms with Gasteiger partial charge in [-0.2, -0.15) is 9.61 Å². The molecule has 9 heteroatoms. The molecule has 34 heavy (non-hydrogen) atoms. The summed E-state index contributed by atoms with van der Waals surface area (Å²) in [4.78, 5) is 21.2. The fourth-order valence-corrected chi connectivity index (χ4v) is 3.87. The lowest BCUT2D eigenvalue weighted by Crippen LogP contribution is -2.18. The molecule has 0 spiro atoms. The van der Waals surface area contributed by atoms with E-state index in [2.05, 4.69) is 25.5 Å². The molecular formula is C25H18N8O. The van der Waals surface area contributed by atoms with Crippen LogP contribution < -0.4 is 5.32 Å². The monoisotopic (exact) mass is 446 g/mol. The van der Waals surface area contributed by atoms with Crippen LogP contribution in [0.3, 0.4) is 0 Å². The number of para-hydroxylation sites is 2. The summed E-state index contributed by atoms with van der Waals surface area (Å²) in [5.74, 6) is 0.475. The largest absolute Gasteiger partial charge is 0.325 e. The minimum atomic E-state index is -0.138. The Kier molecular flexibility index (Phi) is 4.77. The number of nitrogens with zero attached hydrogens (tertiary/aromatic N) is 7. The van der Waals surface area contributed by atoms with E-state index in [0.717, 1.165) is 27.9 Å². The third-order valence-corrected chi connectivity index (χ3v) is 5.47. The fraction of sp³-hybridized carbons (Fsp3) is 0.0400. The van der Waals surface area contributed by atoms with Crippen molar-refractivity contribution < 1.29 is 4.79 Å². The van der Waals surface area contributed by atoms with Crippen molar-refractivity contribution in [3.8, 4) is 22.6 Å². The first kappa shape index (κ1) is 19.7. The topological polar surface area (TPSA) is 103 Å². The lowest BCUT2D eigenvalue weighted by Gasteiger charge is -2.09. The zero-order valence-corrected chi connectivity index (χ0v) is 17.9. The number of amides is 1. The summed E-state index contributed by atoms with van der Waals surface area (Å²) in [6.07, 6.45) is 5.11. The number of imidazole rings is 1. The van der Waals surface area contributed by atoms with Crippen molar-refractivity contribution in [1.82, 2.24) is 34.3 Å². The molecule has 2 aromatic carbocycles. The molecule has 0 radical (unpaired) electrons. The van der Waals surface area contributed by atoms with Crippen molar-refractivity contribution in [3.05, 3.63) is 91.5 Å². The first-order chi connectivity index (χ1) is 16.7. The first-order valence-electron chi connectivity index (χ1n) is 10.7. The molecule has 6 rings (SSSR count). The maximum absolute atomic E-state index is 12.7. The van der Waals surface area contributed by atoms with E-state index in [9.17, 15) is 4.79 Å². The van der Waals surface area contributed by atoms with Crippen molar-refractivity contribution >= 4 is 28.3 Å². The molecule has 1 amide bonds. The third-order valence-electron chi connectivity index (χ3n) is 5.47. The van der Waals surface area contributed by atoms with Crippen LogP contribution in [0, 0.1) is 0 Å². The summed E-state index contributed by atoms with van der Waals surface area (Å²) in [5, 5.41) is 16.2. The molecule has 0 aliphatic heterocycles. The van der Waals surface area contributed by atoms with E-state index >= 15 is 0 Å². The third kappa shape index (κ3) is 3.65. The number of hydrogen-bond donors (Lipinski definition) is 1. The van der Waals surface area contributed by atoms with Gasteiger partial charge in [0.1, 0.15) is 6.54 Å². The van der Waals surface area contributed by atoms with Gasteiger partial charge in [-0.25, -0.2) is 4.98 Å². The van der Waals surface area contributed by atoms with Gasteiger partial charge in [-0.3, -0.25) is 9.78 Å². The number of carbonyl (C=O) groups excluding carboxylic acids is 1. The van der Waals surface area contributed by atoms with E-state index < -0.39 is 0 Å². The van der Waals surface area contributed by atoms with Crippen molar-refractivity contribution in [3.63, 3.8) is 0 Å². The maximum Gasteiger partial charge on any atom is 0.244 e. The van der Waals surface area contributed by atoms with Crippen LogP contribution >= 0.6 is 0 Å². The van der Waals surface area contributed by atoms with Crippen LogP contribution in [0.1, 0.15) is 0 Å². The SMILES string of the molecule is O=C(Cn1cnc2ccccc21)Nc1cccc(-c2ccc3nnc(-c4cccnc4)n3n2)c1. The van der Waals surface area contributed by atoms with Gasteiger partial charge in [0, 0.05) is 29.2 Å². The summed E-state index contributed by atoms with van der Waals surface area (Å²) >= 11 is 0. The minimum Gasteiger partial charge on any atom is -0.325 e. The van der Waals surface area contributed by atoms with E-state index in [1.807, 2.05) is 77.4 Å². The number of pyridine rings is 1. The Morgan fingerprint density at radius 3 is 2.74 bits per heavy atom. The van der Waals surface area contributed by atoms with Crippen LogP contribution in [-0.2, 0) is 11.3 Å². The molecule has 0 aliphatic rings. The van der Waals surface area contributed by atoms with Crippen LogP contribution in [0.25, 0.3) is 39.3 Å². The molecule has 0 fully saturated rings. The van der Waals surface area contributed by atoms with Gasteiger partial charge in [0.25, 0.3) is 0 Å². The number of benzene rings is 2. The zero-order chi connectivity index (χ0) is 22.9. The van der Waals surface area contributed by atoms with Crippen LogP contribution in [0.5, 0.6) is 0 Å². The molecule has 0 saturated heterocycles. The van der Waals surface area contributed by atoms with Gasteiger partial charge in [-0.15, -0.1) is 10.2 Å². The Labute approximate surface area is 193 Å². The number of fused-ring (bicyclic) bond motifs is 2. The molecule has 4 heterocycles. The Balaban J connectivity index is 1.26. The highest BCUT2D eigenvalue weighted by Crippen LogP contribution is 2.23. The first-order valence-corrected chi connectivity index (χ1v) is 10.7. The van der Waals surface area contributed by atoms with Gasteiger partial charge in [0.05, 0.1) is 23.1 Å². The van der Waals surface area contributed by atoms with Gasteiger partial charge in [0.15, 0.2) is 11.5 Å². The standard InChI is InChI=1S/C25H18N8O/c34-24(15-32-16-27-21-8-1-2-9-22(21)32)28-19-7-3-5-17(13-19)20-10-11-23-29-30-25(33(23)31-20)18-6-4-12-26-14-18/h1-14,16H,15H2,(H,28,34). The highest BCUT2D eigenvalue weighted by molar-refractivity contribution is 5.92. The summed E-state index contributed by atoms with van der Waals surface area (Å²) in [5.41, 5.74) is 5.52. The fourth-order valence-electron chi connectivity index (χ4n) is 3.87. The second-order valence-corrected chi connectivity index (χ2v) is 7.74. The predicted molar refractivity (Wildman–Crippen MR) is 128 cm³/mol. The Morgan fingerprint density at radius 1 is 0.912 bits per heavy atom. The van der Waals surface area contributed by atoms with E-state index in [-0.39, 0.29) is 12.5 Å². The average molecular weight is 446 g/mol. The number of anilines is 1. The molecule has 0 unspecified atom stereocenters. The van der Waals surface area contributed by atoms with Gasteiger partial charge in [-0.05, 0) is 48.5 Å². The number of hydrogen-bond acceptors (Lipinski definition) is 6. The van der Waals surface area contributed by atoms with Crippen molar-refractivity contribution in [1.29, 1.82) is 0 Å². The van der Waals surface area contributed by atoms with Gasteiger partial charge in [0.2, 0.25) is 5.91 Å². The minimum absolute atomic E-state index is 0.138. The van der Waals surface area contributed by atoms with Crippen LogP contribution in [-0.4, -0.2) is 40.3 Å². The smallest absolute Gasteiger partial charge is 0.244 e. The molecule has 0 atom stereocenters. The van der Waals surface area contributed by atoms with Crippen LogP contribution in [0.4, 0.5) is 5.69 Å². The van der Waals surface area contributed by atoms with Gasteiger partial charge >= 0.3 is 0 Å². The van der Waals surface area contributed by atoms with E-state index in [4.69, 9.17) is 5.10 Å². The normalized spacial score (nSPS) is 11.2.